The molecule has 2 aromatic rings. The number of hydrogen-bond acceptors (Lipinski definition) is 5. The first kappa shape index (κ1) is 18.7. The molecule has 0 aliphatic carbocycles. The fourth-order valence-corrected chi connectivity index (χ4v) is 3.68. The molecule has 4 rings (SSSR count). The summed E-state index contributed by atoms with van der Waals surface area (Å²) >= 11 is 0. The number of ether oxygens (including phenoxy) is 2. The summed E-state index contributed by atoms with van der Waals surface area (Å²) in [5.74, 6) is 2.47. The topological polar surface area (TPSA) is 67.2 Å². The van der Waals surface area contributed by atoms with Crippen LogP contribution in [0.1, 0.15) is 18.6 Å². The second-order valence-corrected chi connectivity index (χ2v) is 7.46. The molecule has 0 bridgehead atoms. The SMILES string of the molecule is CN(C[C@H]1COc2ccccc2O1)C(=O)NC1CCN(Cc2ccco2)CC1. The molecule has 2 amide bonds. The average Bonchev–Trinajstić information content (AvgIpc) is 3.22. The Morgan fingerprint density at radius 3 is 2.71 bits per heavy atom. The molecule has 28 heavy (non-hydrogen) atoms. The first-order chi connectivity index (χ1) is 13.7. The predicted molar refractivity (Wildman–Crippen MR) is 105 cm³/mol. The van der Waals surface area contributed by atoms with Gasteiger partial charge in [0.2, 0.25) is 0 Å². The van der Waals surface area contributed by atoms with E-state index in [2.05, 4.69) is 10.2 Å². The molecular formula is C21H27N3O4. The summed E-state index contributed by atoms with van der Waals surface area (Å²) in [4.78, 5) is 16.6. The van der Waals surface area contributed by atoms with Crippen LogP contribution in [0.5, 0.6) is 11.5 Å². The molecule has 1 fully saturated rings. The third kappa shape index (κ3) is 4.59. The van der Waals surface area contributed by atoms with Crippen molar-refractivity contribution in [3.63, 3.8) is 0 Å². The number of fused-ring (bicyclic) bond motifs is 1. The highest BCUT2D eigenvalue weighted by molar-refractivity contribution is 5.74. The molecule has 1 aromatic carbocycles. The van der Waals surface area contributed by atoms with Crippen molar-refractivity contribution in [2.75, 3.05) is 33.3 Å². The van der Waals surface area contributed by atoms with Gasteiger partial charge in [0.25, 0.3) is 0 Å². The van der Waals surface area contributed by atoms with Crippen LogP contribution >= 0.6 is 0 Å². The largest absolute Gasteiger partial charge is 0.486 e. The molecular weight excluding hydrogens is 358 g/mol. The van der Waals surface area contributed by atoms with Crippen LogP contribution in [0.4, 0.5) is 4.79 Å². The molecule has 1 aromatic heterocycles. The van der Waals surface area contributed by atoms with Gasteiger partial charge in [-0.2, -0.15) is 0 Å². The molecule has 7 heteroatoms. The summed E-state index contributed by atoms with van der Waals surface area (Å²) in [5, 5.41) is 3.15. The second-order valence-electron chi connectivity index (χ2n) is 7.46. The van der Waals surface area contributed by atoms with E-state index in [1.54, 1.807) is 18.2 Å². The van der Waals surface area contributed by atoms with Crippen molar-refractivity contribution in [3.8, 4) is 11.5 Å². The van der Waals surface area contributed by atoms with Gasteiger partial charge in [0.15, 0.2) is 17.6 Å². The normalized spacial score (nSPS) is 20.0. The number of urea groups is 1. The molecule has 7 nitrogen and oxygen atoms in total. The van der Waals surface area contributed by atoms with Gasteiger partial charge in [-0.05, 0) is 37.1 Å². The lowest BCUT2D eigenvalue weighted by molar-refractivity contribution is 0.0706. The average molecular weight is 385 g/mol. The summed E-state index contributed by atoms with van der Waals surface area (Å²) in [5.41, 5.74) is 0. The predicted octanol–water partition coefficient (Wildman–Crippen LogP) is 2.73. The molecule has 2 aliphatic heterocycles. The van der Waals surface area contributed by atoms with Gasteiger partial charge in [0.05, 0.1) is 19.4 Å². The van der Waals surface area contributed by atoms with Crippen LogP contribution in [-0.4, -0.2) is 61.3 Å². The summed E-state index contributed by atoms with van der Waals surface area (Å²) < 4.78 is 17.1. The molecule has 0 radical (unpaired) electrons. The van der Waals surface area contributed by atoms with Gasteiger partial charge in [-0.25, -0.2) is 4.79 Å². The third-order valence-corrected chi connectivity index (χ3v) is 5.27. The minimum atomic E-state index is -0.166. The van der Waals surface area contributed by atoms with E-state index >= 15 is 0 Å². The Bertz CT molecular complexity index is 772. The van der Waals surface area contributed by atoms with Gasteiger partial charge in [0, 0.05) is 26.2 Å². The molecule has 0 saturated carbocycles. The Kier molecular flexibility index (Phi) is 5.71. The highest BCUT2D eigenvalue weighted by Crippen LogP contribution is 2.30. The Hall–Kier alpha value is -2.67. The molecule has 1 saturated heterocycles. The zero-order chi connectivity index (χ0) is 19.3. The van der Waals surface area contributed by atoms with Crippen LogP contribution in [0.15, 0.2) is 47.1 Å². The van der Waals surface area contributed by atoms with Crippen LogP contribution in [0, 0.1) is 0 Å². The van der Waals surface area contributed by atoms with Crippen LogP contribution in [0.25, 0.3) is 0 Å². The van der Waals surface area contributed by atoms with Gasteiger partial charge in [-0.15, -0.1) is 0 Å². The van der Waals surface area contributed by atoms with Crippen molar-refractivity contribution in [1.29, 1.82) is 0 Å². The van der Waals surface area contributed by atoms with Crippen LogP contribution < -0.4 is 14.8 Å². The highest BCUT2D eigenvalue weighted by atomic mass is 16.6. The van der Waals surface area contributed by atoms with Crippen molar-refractivity contribution in [3.05, 3.63) is 48.4 Å². The maximum atomic E-state index is 12.6. The van der Waals surface area contributed by atoms with E-state index in [0.717, 1.165) is 49.7 Å². The molecule has 1 atom stereocenters. The Morgan fingerprint density at radius 1 is 1.18 bits per heavy atom. The van der Waals surface area contributed by atoms with Crippen molar-refractivity contribution < 1.29 is 18.7 Å². The molecule has 2 aliphatic rings. The molecule has 1 N–H and O–H groups in total. The van der Waals surface area contributed by atoms with E-state index in [-0.39, 0.29) is 18.2 Å². The summed E-state index contributed by atoms with van der Waals surface area (Å²) in [6.07, 6.45) is 3.42. The van der Waals surface area contributed by atoms with Crippen LogP contribution in [-0.2, 0) is 6.54 Å². The van der Waals surface area contributed by atoms with E-state index < -0.39 is 0 Å². The zero-order valence-electron chi connectivity index (χ0n) is 16.2. The lowest BCUT2D eigenvalue weighted by atomic mass is 10.1. The maximum Gasteiger partial charge on any atom is 0.317 e. The number of piperidine rings is 1. The minimum absolute atomic E-state index is 0.0630. The number of hydrogen-bond donors (Lipinski definition) is 1. The van der Waals surface area contributed by atoms with Crippen LogP contribution in [0.2, 0.25) is 0 Å². The lowest BCUT2D eigenvalue weighted by Gasteiger charge is -2.34. The van der Waals surface area contributed by atoms with E-state index in [1.165, 1.54) is 0 Å². The first-order valence-corrected chi connectivity index (χ1v) is 9.82. The Balaban J connectivity index is 1.20. The number of furan rings is 1. The number of carbonyl (C=O) groups is 1. The smallest absolute Gasteiger partial charge is 0.317 e. The van der Waals surface area contributed by atoms with Crippen molar-refractivity contribution >= 4 is 6.03 Å². The van der Waals surface area contributed by atoms with Crippen molar-refractivity contribution in [2.24, 2.45) is 0 Å². The Morgan fingerprint density at radius 2 is 1.96 bits per heavy atom. The number of rotatable bonds is 5. The fourth-order valence-electron chi connectivity index (χ4n) is 3.68. The lowest BCUT2D eigenvalue weighted by Crippen LogP contribution is -2.50. The first-order valence-electron chi connectivity index (χ1n) is 9.82. The van der Waals surface area contributed by atoms with E-state index in [0.29, 0.717) is 13.2 Å². The second kappa shape index (κ2) is 8.56. The van der Waals surface area contributed by atoms with Crippen molar-refractivity contribution in [1.82, 2.24) is 15.1 Å². The van der Waals surface area contributed by atoms with Crippen molar-refractivity contribution in [2.45, 2.75) is 31.5 Å². The number of carbonyl (C=O) groups excluding carboxylic acids is 1. The monoisotopic (exact) mass is 385 g/mol. The van der Waals surface area contributed by atoms with Crippen LogP contribution in [0.3, 0.4) is 0 Å². The highest BCUT2D eigenvalue weighted by Gasteiger charge is 2.26. The molecule has 150 valence electrons. The number of likely N-dealkylation sites (tertiary alicyclic amines) is 1. The molecule has 0 spiro atoms. The van der Waals surface area contributed by atoms with Gasteiger partial charge >= 0.3 is 6.03 Å². The van der Waals surface area contributed by atoms with Gasteiger partial charge in [0.1, 0.15) is 12.4 Å². The van der Waals surface area contributed by atoms with E-state index in [1.807, 2.05) is 36.4 Å². The number of amides is 2. The number of nitrogens with zero attached hydrogens (tertiary/aromatic N) is 2. The molecule has 3 heterocycles. The van der Waals surface area contributed by atoms with E-state index in [4.69, 9.17) is 13.9 Å². The van der Waals surface area contributed by atoms with Gasteiger partial charge in [-0.1, -0.05) is 12.1 Å². The number of likely N-dealkylation sites (N-methyl/N-ethyl adjacent to an activating group) is 1. The molecule has 0 unspecified atom stereocenters. The number of nitrogens with one attached hydrogen (secondary N) is 1. The summed E-state index contributed by atoms with van der Waals surface area (Å²) in [6, 6.07) is 11.7. The summed E-state index contributed by atoms with van der Waals surface area (Å²) in [6.45, 7) is 3.66. The van der Waals surface area contributed by atoms with E-state index in [9.17, 15) is 4.79 Å². The van der Waals surface area contributed by atoms with Gasteiger partial charge in [-0.3, -0.25) is 4.90 Å². The quantitative estimate of drug-likeness (QED) is 0.857. The zero-order valence-corrected chi connectivity index (χ0v) is 16.2. The Labute approximate surface area is 165 Å². The van der Waals surface area contributed by atoms with Gasteiger partial charge < -0.3 is 24.1 Å². The summed E-state index contributed by atoms with van der Waals surface area (Å²) in [7, 11) is 1.80. The maximum absolute atomic E-state index is 12.6. The minimum Gasteiger partial charge on any atom is -0.486 e. The third-order valence-electron chi connectivity index (χ3n) is 5.27. The number of benzene rings is 1. The number of para-hydroxylation sites is 2. The fraction of sp³-hybridized carbons (Fsp3) is 0.476. The standard InChI is InChI=1S/C21H27N3O4/c1-23(13-18-15-27-19-6-2-3-7-20(19)28-18)21(25)22-16-8-10-24(11-9-16)14-17-5-4-12-26-17/h2-7,12,16,18H,8-11,13-15H2,1H3,(H,22,25)/t18-/m0/s1.